The monoisotopic (exact) mass is 279 g/mol. The third-order valence-corrected chi connectivity index (χ3v) is 4.14. The molecule has 1 aromatic heterocycles. The third kappa shape index (κ3) is 3.79. The number of amides is 1. The molecule has 2 rings (SSSR count). The zero-order valence-corrected chi connectivity index (χ0v) is 12.7. The molecule has 0 aliphatic carbocycles. The highest BCUT2D eigenvalue weighted by Crippen LogP contribution is 2.20. The number of piperidine rings is 1. The quantitative estimate of drug-likeness (QED) is 0.877. The zero-order chi connectivity index (χ0) is 14.5. The summed E-state index contributed by atoms with van der Waals surface area (Å²) in [6.45, 7) is 7.49. The Morgan fingerprint density at radius 2 is 2.20 bits per heavy atom. The van der Waals surface area contributed by atoms with Crippen LogP contribution in [0.25, 0.3) is 0 Å². The van der Waals surface area contributed by atoms with Crippen molar-refractivity contribution in [2.45, 2.75) is 39.2 Å². The van der Waals surface area contributed by atoms with Crippen molar-refractivity contribution >= 4 is 5.91 Å². The molecular weight excluding hydrogens is 254 g/mol. The molecule has 1 atom stereocenters. The normalized spacial score (nSPS) is 18.9. The Bertz CT molecular complexity index is 437. The lowest BCUT2D eigenvalue weighted by Gasteiger charge is -2.30. The van der Waals surface area contributed by atoms with Crippen LogP contribution in [0.5, 0.6) is 0 Å². The standard InChI is InChI=1S/C14H25N5O/c1-4-19-7-5-12(6-8-19)9-13(20)16-11(2)14-17-15-10-18(14)3/h10-12H,4-9H2,1-3H3,(H,16,20)/t11-/m0/s1. The summed E-state index contributed by atoms with van der Waals surface area (Å²) in [5.74, 6) is 1.43. The molecule has 1 N–H and O–H groups in total. The Labute approximate surface area is 120 Å². The molecule has 1 aromatic rings. The average Bonchev–Trinajstić information content (AvgIpc) is 2.86. The van der Waals surface area contributed by atoms with Gasteiger partial charge >= 0.3 is 0 Å². The van der Waals surface area contributed by atoms with Crippen LogP contribution in [0.1, 0.15) is 45.0 Å². The van der Waals surface area contributed by atoms with E-state index in [-0.39, 0.29) is 11.9 Å². The van der Waals surface area contributed by atoms with E-state index in [2.05, 4.69) is 27.3 Å². The van der Waals surface area contributed by atoms with Crippen LogP contribution in [-0.4, -0.2) is 45.2 Å². The fourth-order valence-electron chi connectivity index (χ4n) is 2.82. The van der Waals surface area contributed by atoms with E-state index >= 15 is 0 Å². The lowest BCUT2D eigenvalue weighted by Crippen LogP contribution is -2.36. The Hall–Kier alpha value is -1.43. The lowest BCUT2D eigenvalue weighted by atomic mass is 9.93. The van der Waals surface area contributed by atoms with E-state index in [1.54, 1.807) is 6.33 Å². The van der Waals surface area contributed by atoms with Gasteiger partial charge in [0, 0.05) is 13.5 Å². The van der Waals surface area contributed by atoms with Crippen LogP contribution in [-0.2, 0) is 11.8 Å². The Morgan fingerprint density at radius 1 is 1.50 bits per heavy atom. The van der Waals surface area contributed by atoms with Gasteiger partial charge in [0.15, 0.2) is 5.82 Å². The van der Waals surface area contributed by atoms with E-state index in [1.807, 2.05) is 18.5 Å². The van der Waals surface area contributed by atoms with Crippen molar-refractivity contribution in [2.24, 2.45) is 13.0 Å². The van der Waals surface area contributed by atoms with Gasteiger partial charge in [0.05, 0.1) is 6.04 Å². The van der Waals surface area contributed by atoms with Crippen LogP contribution >= 0.6 is 0 Å². The van der Waals surface area contributed by atoms with Gasteiger partial charge < -0.3 is 14.8 Å². The first-order valence-corrected chi connectivity index (χ1v) is 7.45. The number of aryl methyl sites for hydroxylation is 1. The maximum Gasteiger partial charge on any atom is 0.220 e. The summed E-state index contributed by atoms with van der Waals surface area (Å²) in [5, 5.41) is 10.9. The average molecular weight is 279 g/mol. The Balaban J connectivity index is 1.77. The highest BCUT2D eigenvalue weighted by Gasteiger charge is 2.22. The van der Waals surface area contributed by atoms with Crippen LogP contribution in [0.15, 0.2) is 6.33 Å². The Kier molecular flexibility index (Phi) is 5.11. The molecule has 0 radical (unpaired) electrons. The summed E-state index contributed by atoms with van der Waals surface area (Å²) < 4.78 is 1.84. The van der Waals surface area contributed by atoms with Gasteiger partial charge in [0.25, 0.3) is 0 Å². The number of nitrogens with one attached hydrogen (secondary N) is 1. The van der Waals surface area contributed by atoms with Gasteiger partial charge in [-0.05, 0) is 45.3 Å². The summed E-state index contributed by atoms with van der Waals surface area (Å²) in [6, 6.07) is -0.0919. The number of aromatic nitrogens is 3. The summed E-state index contributed by atoms with van der Waals surface area (Å²) in [4.78, 5) is 14.5. The van der Waals surface area contributed by atoms with Gasteiger partial charge in [-0.25, -0.2) is 0 Å². The first-order valence-electron chi connectivity index (χ1n) is 7.45. The predicted octanol–water partition coefficient (Wildman–Crippen LogP) is 1.11. The molecule has 6 nitrogen and oxygen atoms in total. The van der Waals surface area contributed by atoms with E-state index in [0.29, 0.717) is 12.3 Å². The van der Waals surface area contributed by atoms with E-state index in [4.69, 9.17) is 0 Å². The molecule has 1 amide bonds. The van der Waals surface area contributed by atoms with Gasteiger partial charge in [-0.1, -0.05) is 6.92 Å². The van der Waals surface area contributed by atoms with E-state index in [9.17, 15) is 4.79 Å². The SMILES string of the molecule is CCN1CCC(CC(=O)N[C@@H](C)c2nncn2C)CC1. The summed E-state index contributed by atoms with van der Waals surface area (Å²) >= 11 is 0. The van der Waals surface area contributed by atoms with Gasteiger partial charge in [-0.2, -0.15) is 0 Å². The molecule has 1 aliphatic rings. The van der Waals surface area contributed by atoms with Crippen LogP contribution in [0.2, 0.25) is 0 Å². The lowest BCUT2D eigenvalue weighted by molar-refractivity contribution is -0.123. The summed E-state index contributed by atoms with van der Waals surface area (Å²) in [6.07, 6.45) is 4.53. The van der Waals surface area contributed by atoms with Crippen molar-refractivity contribution in [3.05, 3.63) is 12.2 Å². The molecule has 0 saturated carbocycles. The molecule has 1 aliphatic heterocycles. The fourth-order valence-corrected chi connectivity index (χ4v) is 2.82. The van der Waals surface area contributed by atoms with Crippen LogP contribution in [0.4, 0.5) is 0 Å². The van der Waals surface area contributed by atoms with Gasteiger partial charge in [0.2, 0.25) is 5.91 Å². The highest BCUT2D eigenvalue weighted by molar-refractivity contribution is 5.76. The molecular formula is C14H25N5O. The molecule has 20 heavy (non-hydrogen) atoms. The van der Waals surface area contributed by atoms with E-state index < -0.39 is 0 Å². The van der Waals surface area contributed by atoms with Crippen LogP contribution in [0, 0.1) is 5.92 Å². The smallest absolute Gasteiger partial charge is 0.220 e. The molecule has 0 unspecified atom stereocenters. The molecule has 1 saturated heterocycles. The summed E-state index contributed by atoms with van der Waals surface area (Å²) in [7, 11) is 1.89. The van der Waals surface area contributed by atoms with E-state index in [0.717, 1.165) is 38.3 Å². The molecule has 0 aromatic carbocycles. The second kappa shape index (κ2) is 6.83. The van der Waals surface area contributed by atoms with Crippen molar-refractivity contribution in [1.29, 1.82) is 0 Å². The number of carbonyl (C=O) groups is 1. The molecule has 6 heteroatoms. The third-order valence-electron chi connectivity index (χ3n) is 4.14. The highest BCUT2D eigenvalue weighted by atomic mass is 16.1. The molecule has 0 spiro atoms. The van der Waals surface area contributed by atoms with Crippen LogP contribution in [0.3, 0.4) is 0 Å². The fraction of sp³-hybridized carbons (Fsp3) is 0.786. The number of likely N-dealkylation sites (tertiary alicyclic amines) is 1. The second-order valence-corrected chi connectivity index (χ2v) is 5.67. The van der Waals surface area contributed by atoms with Crippen molar-refractivity contribution in [3.63, 3.8) is 0 Å². The molecule has 1 fully saturated rings. The van der Waals surface area contributed by atoms with Crippen molar-refractivity contribution < 1.29 is 4.79 Å². The van der Waals surface area contributed by atoms with Crippen molar-refractivity contribution in [3.8, 4) is 0 Å². The number of nitrogens with zero attached hydrogens (tertiary/aromatic N) is 4. The Morgan fingerprint density at radius 3 is 2.75 bits per heavy atom. The largest absolute Gasteiger partial charge is 0.346 e. The molecule has 2 heterocycles. The van der Waals surface area contributed by atoms with Crippen molar-refractivity contribution in [2.75, 3.05) is 19.6 Å². The second-order valence-electron chi connectivity index (χ2n) is 5.67. The number of hydrogen-bond acceptors (Lipinski definition) is 4. The van der Waals surface area contributed by atoms with Crippen molar-refractivity contribution in [1.82, 2.24) is 25.0 Å². The topological polar surface area (TPSA) is 63.1 Å². The maximum absolute atomic E-state index is 12.1. The first kappa shape index (κ1) is 15.0. The number of carbonyl (C=O) groups excluding carboxylic acids is 1. The van der Waals surface area contributed by atoms with Crippen LogP contribution < -0.4 is 5.32 Å². The first-order chi connectivity index (χ1) is 9.60. The maximum atomic E-state index is 12.1. The molecule has 0 bridgehead atoms. The number of hydrogen-bond donors (Lipinski definition) is 1. The minimum absolute atomic E-state index is 0.0919. The van der Waals surface area contributed by atoms with E-state index in [1.165, 1.54) is 0 Å². The number of rotatable bonds is 5. The van der Waals surface area contributed by atoms with Gasteiger partial charge in [-0.3, -0.25) is 4.79 Å². The van der Waals surface area contributed by atoms with Gasteiger partial charge in [-0.15, -0.1) is 10.2 Å². The minimum Gasteiger partial charge on any atom is -0.346 e. The van der Waals surface area contributed by atoms with Gasteiger partial charge in [0.1, 0.15) is 6.33 Å². The predicted molar refractivity (Wildman–Crippen MR) is 77.0 cm³/mol. The molecule has 112 valence electrons. The zero-order valence-electron chi connectivity index (χ0n) is 12.7. The minimum atomic E-state index is -0.0919. The summed E-state index contributed by atoms with van der Waals surface area (Å²) in [5.41, 5.74) is 0.